The smallest absolute Gasteiger partial charge is 0.370 e. The van der Waals surface area contributed by atoms with Crippen LogP contribution < -0.4 is 10.2 Å². The molecule has 1 fully saturated rings. The molecule has 4 rings (SSSR count). The third-order valence-electron chi connectivity index (χ3n) is 5.26. The van der Waals surface area contributed by atoms with Crippen LogP contribution in [0.2, 0.25) is 0 Å². The quantitative estimate of drug-likeness (QED) is 0.705. The highest BCUT2D eigenvalue weighted by Gasteiger charge is 2.30. The summed E-state index contributed by atoms with van der Waals surface area (Å²) in [6.45, 7) is 1.46. The van der Waals surface area contributed by atoms with E-state index >= 15 is 0 Å². The van der Waals surface area contributed by atoms with Gasteiger partial charge in [-0.2, -0.15) is 13.2 Å². The first kappa shape index (κ1) is 20.1. The van der Waals surface area contributed by atoms with Crippen LogP contribution in [-0.2, 0) is 17.5 Å². The zero-order valence-corrected chi connectivity index (χ0v) is 16.1. The summed E-state index contributed by atoms with van der Waals surface area (Å²) in [5.74, 6) is -0.296. The summed E-state index contributed by atoms with van der Waals surface area (Å²) >= 11 is 0. The third-order valence-corrected chi connectivity index (χ3v) is 5.26. The first-order valence-corrected chi connectivity index (χ1v) is 9.66. The highest BCUT2D eigenvalue weighted by atomic mass is 19.4. The van der Waals surface area contributed by atoms with Gasteiger partial charge in [-0.05, 0) is 36.6 Å². The minimum atomic E-state index is -4.39. The summed E-state index contributed by atoms with van der Waals surface area (Å²) in [7, 11) is 0. The third kappa shape index (κ3) is 4.50. The molecule has 6 nitrogen and oxygen atoms in total. The van der Waals surface area contributed by atoms with Crippen molar-refractivity contribution in [3.05, 3.63) is 60.0 Å². The van der Waals surface area contributed by atoms with Gasteiger partial charge < -0.3 is 10.2 Å². The summed E-state index contributed by atoms with van der Waals surface area (Å²) in [5.41, 5.74) is 1.96. The maximum Gasteiger partial charge on any atom is 0.416 e. The van der Waals surface area contributed by atoms with Gasteiger partial charge in [0.15, 0.2) is 5.65 Å². The SMILES string of the molecule is O=C(NCc1cccc(C(F)(F)F)c1)C1CCN(c2cnc3nccnc3c2)CC1. The van der Waals surface area contributed by atoms with E-state index in [0.29, 0.717) is 37.1 Å². The zero-order chi connectivity index (χ0) is 21.1. The molecule has 1 saturated heterocycles. The summed E-state index contributed by atoms with van der Waals surface area (Å²) in [6.07, 6.45) is 1.90. The number of fused-ring (bicyclic) bond motifs is 1. The fourth-order valence-corrected chi connectivity index (χ4v) is 3.61. The number of alkyl halides is 3. The minimum Gasteiger partial charge on any atom is -0.370 e. The molecule has 1 N–H and O–H groups in total. The molecular formula is C21H20F3N5O. The fourth-order valence-electron chi connectivity index (χ4n) is 3.61. The van der Waals surface area contributed by atoms with Gasteiger partial charge >= 0.3 is 6.18 Å². The van der Waals surface area contributed by atoms with E-state index in [0.717, 1.165) is 23.3 Å². The second kappa shape index (κ2) is 8.25. The van der Waals surface area contributed by atoms with Crippen LogP contribution in [0.1, 0.15) is 24.0 Å². The number of nitrogens with one attached hydrogen (secondary N) is 1. The molecule has 0 radical (unpaired) electrons. The van der Waals surface area contributed by atoms with Gasteiger partial charge in [-0.3, -0.25) is 9.78 Å². The van der Waals surface area contributed by atoms with Crippen molar-refractivity contribution in [1.29, 1.82) is 0 Å². The van der Waals surface area contributed by atoms with Crippen molar-refractivity contribution in [3.8, 4) is 0 Å². The predicted molar refractivity (Wildman–Crippen MR) is 106 cm³/mol. The Balaban J connectivity index is 1.32. The van der Waals surface area contributed by atoms with Crippen molar-refractivity contribution in [3.63, 3.8) is 0 Å². The lowest BCUT2D eigenvalue weighted by atomic mass is 9.95. The molecule has 1 aliphatic rings. The molecular weight excluding hydrogens is 395 g/mol. The van der Waals surface area contributed by atoms with Crippen LogP contribution in [0.15, 0.2) is 48.9 Å². The molecule has 3 heterocycles. The Hall–Kier alpha value is -3.23. The highest BCUT2D eigenvalue weighted by molar-refractivity contribution is 5.79. The molecule has 1 amide bonds. The van der Waals surface area contributed by atoms with E-state index < -0.39 is 11.7 Å². The molecule has 0 bridgehead atoms. The highest BCUT2D eigenvalue weighted by Crippen LogP contribution is 2.29. The standard InChI is InChI=1S/C21H20F3N5O/c22-21(23,24)16-3-1-2-14(10-16)12-28-20(30)15-4-8-29(9-5-15)17-11-18-19(27-13-17)26-7-6-25-18/h1-3,6-7,10-11,13,15H,4-5,8-9,12H2,(H,28,30). The van der Waals surface area contributed by atoms with E-state index in [4.69, 9.17) is 0 Å². The second-order valence-electron chi connectivity index (χ2n) is 7.27. The summed E-state index contributed by atoms with van der Waals surface area (Å²) < 4.78 is 38.4. The van der Waals surface area contributed by atoms with E-state index in [-0.39, 0.29) is 18.4 Å². The Morgan fingerprint density at radius 3 is 2.63 bits per heavy atom. The lowest BCUT2D eigenvalue weighted by Crippen LogP contribution is -2.40. The first-order chi connectivity index (χ1) is 14.4. The molecule has 9 heteroatoms. The van der Waals surface area contributed by atoms with Crippen LogP contribution in [0.25, 0.3) is 11.2 Å². The molecule has 0 saturated carbocycles. The maximum absolute atomic E-state index is 12.8. The van der Waals surface area contributed by atoms with Crippen molar-refractivity contribution in [1.82, 2.24) is 20.3 Å². The average Bonchev–Trinajstić information content (AvgIpc) is 2.77. The van der Waals surface area contributed by atoms with E-state index in [1.165, 1.54) is 6.07 Å². The number of carbonyl (C=O) groups excluding carboxylic acids is 1. The van der Waals surface area contributed by atoms with Gasteiger partial charge in [-0.15, -0.1) is 0 Å². The number of hydrogen-bond acceptors (Lipinski definition) is 5. The Kier molecular flexibility index (Phi) is 5.52. The molecule has 1 aromatic carbocycles. The van der Waals surface area contributed by atoms with Crippen molar-refractivity contribution < 1.29 is 18.0 Å². The number of aromatic nitrogens is 3. The Bertz CT molecular complexity index is 1050. The summed E-state index contributed by atoms with van der Waals surface area (Å²) in [6, 6.07) is 6.95. The number of hydrogen-bond donors (Lipinski definition) is 1. The largest absolute Gasteiger partial charge is 0.416 e. The number of anilines is 1. The van der Waals surface area contributed by atoms with Gasteiger partial charge in [0.1, 0.15) is 5.52 Å². The van der Waals surface area contributed by atoms with E-state index in [1.807, 2.05) is 6.07 Å². The molecule has 2 aromatic heterocycles. The van der Waals surface area contributed by atoms with Crippen molar-refractivity contribution in [2.24, 2.45) is 5.92 Å². The van der Waals surface area contributed by atoms with Gasteiger partial charge in [-0.25, -0.2) is 9.97 Å². The Morgan fingerprint density at radius 1 is 1.10 bits per heavy atom. The monoisotopic (exact) mass is 415 g/mol. The number of halogens is 3. The average molecular weight is 415 g/mol. The number of pyridine rings is 1. The summed E-state index contributed by atoms with van der Waals surface area (Å²) in [5, 5.41) is 2.77. The van der Waals surface area contributed by atoms with E-state index in [1.54, 1.807) is 24.7 Å². The van der Waals surface area contributed by atoms with Crippen molar-refractivity contribution in [2.75, 3.05) is 18.0 Å². The van der Waals surface area contributed by atoms with Crippen molar-refractivity contribution >= 4 is 22.8 Å². The van der Waals surface area contributed by atoms with E-state index in [2.05, 4.69) is 25.2 Å². The van der Waals surface area contributed by atoms with Crippen LogP contribution >= 0.6 is 0 Å². The maximum atomic E-state index is 12.8. The second-order valence-corrected chi connectivity index (χ2v) is 7.27. The molecule has 30 heavy (non-hydrogen) atoms. The lowest BCUT2D eigenvalue weighted by molar-refractivity contribution is -0.137. The molecule has 1 aliphatic heterocycles. The van der Waals surface area contributed by atoms with Gasteiger partial charge in [0, 0.05) is 37.9 Å². The number of nitrogens with zero attached hydrogens (tertiary/aromatic N) is 4. The number of amides is 1. The lowest BCUT2D eigenvalue weighted by Gasteiger charge is -2.32. The predicted octanol–water partition coefficient (Wildman–Crippen LogP) is 3.58. The van der Waals surface area contributed by atoms with Crippen LogP contribution in [0.4, 0.5) is 18.9 Å². The van der Waals surface area contributed by atoms with Crippen LogP contribution in [0, 0.1) is 5.92 Å². The van der Waals surface area contributed by atoms with Crippen molar-refractivity contribution in [2.45, 2.75) is 25.6 Å². The number of piperidine rings is 1. The molecule has 156 valence electrons. The first-order valence-electron chi connectivity index (χ1n) is 9.66. The molecule has 0 unspecified atom stereocenters. The topological polar surface area (TPSA) is 71.0 Å². The van der Waals surface area contributed by atoms with Crippen LogP contribution in [-0.4, -0.2) is 33.9 Å². The van der Waals surface area contributed by atoms with Gasteiger partial charge in [0.2, 0.25) is 5.91 Å². The molecule has 0 atom stereocenters. The number of carbonyl (C=O) groups is 1. The Morgan fingerprint density at radius 2 is 1.87 bits per heavy atom. The van der Waals surface area contributed by atoms with Crippen LogP contribution in [0.3, 0.4) is 0 Å². The van der Waals surface area contributed by atoms with Gasteiger partial charge in [0.25, 0.3) is 0 Å². The van der Waals surface area contributed by atoms with Crippen LogP contribution in [0.5, 0.6) is 0 Å². The normalized spacial score (nSPS) is 15.4. The minimum absolute atomic E-state index is 0.0796. The van der Waals surface area contributed by atoms with Gasteiger partial charge in [-0.1, -0.05) is 12.1 Å². The zero-order valence-electron chi connectivity index (χ0n) is 16.1. The molecule has 0 aliphatic carbocycles. The summed E-state index contributed by atoms with van der Waals surface area (Å²) in [4.78, 5) is 27.4. The number of rotatable bonds is 4. The molecule has 3 aromatic rings. The Labute approximate surface area is 171 Å². The van der Waals surface area contributed by atoms with Gasteiger partial charge in [0.05, 0.1) is 17.4 Å². The fraction of sp³-hybridized carbons (Fsp3) is 0.333. The van der Waals surface area contributed by atoms with E-state index in [9.17, 15) is 18.0 Å². The molecule has 0 spiro atoms. The number of benzene rings is 1.